The Hall–Kier alpha value is -1.81. The first-order valence-corrected chi connectivity index (χ1v) is 6.65. The molecule has 0 fully saturated rings. The zero-order chi connectivity index (χ0) is 13.5. The van der Waals surface area contributed by atoms with Gasteiger partial charge in [0.1, 0.15) is 12.4 Å². The van der Waals surface area contributed by atoms with Crippen molar-refractivity contribution in [2.45, 2.75) is 19.8 Å². The fourth-order valence-corrected chi connectivity index (χ4v) is 1.86. The zero-order valence-electron chi connectivity index (χ0n) is 11.3. The van der Waals surface area contributed by atoms with Crippen LogP contribution in [0, 0.1) is 0 Å². The van der Waals surface area contributed by atoms with Gasteiger partial charge in [-0.25, -0.2) is 0 Å². The third kappa shape index (κ3) is 3.58. The summed E-state index contributed by atoms with van der Waals surface area (Å²) in [6, 6.07) is 5.74. The maximum atomic E-state index is 6.09. The molecule has 2 rings (SSSR count). The summed E-state index contributed by atoms with van der Waals surface area (Å²) >= 11 is 0. The average Bonchev–Trinajstić information content (AvgIpc) is 2.45. The lowest BCUT2D eigenvalue weighted by Crippen LogP contribution is -2.08. The fraction of sp³-hybridized carbons (Fsp3) is 0.400. The highest BCUT2D eigenvalue weighted by molar-refractivity contribution is 5.95. The number of fused-ring (bicyclic) bond motifs is 1. The van der Waals surface area contributed by atoms with Crippen LogP contribution >= 0.6 is 0 Å². The summed E-state index contributed by atoms with van der Waals surface area (Å²) in [7, 11) is 0. The van der Waals surface area contributed by atoms with Crippen LogP contribution in [0.25, 0.3) is 10.8 Å². The van der Waals surface area contributed by atoms with Crippen molar-refractivity contribution in [3.05, 3.63) is 30.6 Å². The molecule has 0 saturated heterocycles. The van der Waals surface area contributed by atoms with Crippen molar-refractivity contribution in [3.63, 3.8) is 0 Å². The Bertz CT molecular complexity index is 529. The minimum absolute atomic E-state index is 0.518. The summed E-state index contributed by atoms with van der Waals surface area (Å²) in [6.07, 6.45) is 5.76. The molecule has 0 saturated carbocycles. The van der Waals surface area contributed by atoms with Gasteiger partial charge in [-0.05, 0) is 24.6 Å². The molecule has 0 radical (unpaired) electrons. The Labute approximate surface area is 113 Å². The SMILES string of the molecule is CCCCOCCOc1ccc2cnccc2c1N. The molecule has 0 atom stereocenters. The lowest BCUT2D eigenvalue weighted by Gasteiger charge is -2.11. The standard InChI is InChI=1S/C15H20N2O2/c1-2-3-8-18-9-10-19-14-5-4-12-11-17-7-6-13(12)15(14)16/h4-7,11H,2-3,8-10,16H2,1H3. The third-order valence-electron chi connectivity index (χ3n) is 2.95. The van der Waals surface area contributed by atoms with E-state index in [4.69, 9.17) is 15.2 Å². The number of aromatic nitrogens is 1. The van der Waals surface area contributed by atoms with Crippen LogP contribution in [0.4, 0.5) is 5.69 Å². The molecule has 102 valence electrons. The number of hydrogen-bond acceptors (Lipinski definition) is 4. The van der Waals surface area contributed by atoms with Crippen molar-refractivity contribution < 1.29 is 9.47 Å². The summed E-state index contributed by atoms with van der Waals surface area (Å²) in [5.41, 5.74) is 6.75. The Morgan fingerprint density at radius 1 is 1.16 bits per heavy atom. The average molecular weight is 260 g/mol. The van der Waals surface area contributed by atoms with Gasteiger partial charge in [0.2, 0.25) is 0 Å². The van der Waals surface area contributed by atoms with E-state index in [0.717, 1.165) is 30.2 Å². The van der Waals surface area contributed by atoms with E-state index in [1.807, 2.05) is 18.2 Å². The smallest absolute Gasteiger partial charge is 0.142 e. The van der Waals surface area contributed by atoms with Crippen LogP contribution in [0.5, 0.6) is 5.75 Å². The van der Waals surface area contributed by atoms with Gasteiger partial charge in [0.05, 0.1) is 12.3 Å². The summed E-state index contributed by atoms with van der Waals surface area (Å²) in [5.74, 6) is 0.706. The second kappa shape index (κ2) is 6.95. The fourth-order valence-electron chi connectivity index (χ4n) is 1.86. The lowest BCUT2D eigenvalue weighted by atomic mass is 10.1. The molecule has 1 aromatic heterocycles. The molecule has 4 nitrogen and oxygen atoms in total. The van der Waals surface area contributed by atoms with E-state index in [2.05, 4.69) is 11.9 Å². The molecule has 2 aromatic rings. The first kappa shape index (κ1) is 13.6. The molecule has 4 heteroatoms. The van der Waals surface area contributed by atoms with Crippen molar-refractivity contribution >= 4 is 16.5 Å². The molecule has 0 aliphatic carbocycles. The number of ether oxygens (including phenoxy) is 2. The Morgan fingerprint density at radius 2 is 2.05 bits per heavy atom. The monoisotopic (exact) mass is 260 g/mol. The van der Waals surface area contributed by atoms with Gasteiger partial charge in [-0.1, -0.05) is 13.3 Å². The number of rotatable bonds is 7. The second-order valence-electron chi connectivity index (χ2n) is 4.39. The number of hydrogen-bond donors (Lipinski definition) is 1. The lowest BCUT2D eigenvalue weighted by molar-refractivity contribution is 0.0983. The normalized spacial score (nSPS) is 10.8. The summed E-state index contributed by atoms with van der Waals surface area (Å²) in [6.45, 7) is 4.04. The minimum Gasteiger partial charge on any atom is -0.489 e. The van der Waals surface area contributed by atoms with E-state index in [9.17, 15) is 0 Å². The molecule has 2 N–H and O–H groups in total. The quantitative estimate of drug-likeness (QED) is 0.614. The summed E-state index contributed by atoms with van der Waals surface area (Å²) in [5, 5.41) is 1.99. The molecule has 0 spiro atoms. The van der Waals surface area contributed by atoms with Gasteiger partial charge in [0, 0.05) is 29.8 Å². The van der Waals surface area contributed by atoms with E-state index >= 15 is 0 Å². The molecular formula is C15H20N2O2. The van der Waals surface area contributed by atoms with Gasteiger partial charge in [0.25, 0.3) is 0 Å². The maximum Gasteiger partial charge on any atom is 0.142 e. The van der Waals surface area contributed by atoms with Gasteiger partial charge in [-0.3, -0.25) is 4.98 Å². The number of anilines is 1. The summed E-state index contributed by atoms with van der Waals surface area (Å²) < 4.78 is 11.1. The van der Waals surface area contributed by atoms with Crippen LogP contribution in [-0.2, 0) is 4.74 Å². The molecule has 0 unspecified atom stereocenters. The summed E-state index contributed by atoms with van der Waals surface area (Å²) in [4.78, 5) is 4.07. The van der Waals surface area contributed by atoms with Crippen molar-refractivity contribution in [3.8, 4) is 5.75 Å². The number of nitrogen functional groups attached to an aromatic ring is 1. The first-order valence-electron chi connectivity index (χ1n) is 6.65. The van der Waals surface area contributed by atoms with Gasteiger partial charge in [-0.15, -0.1) is 0 Å². The predicted octanol–water partition coefficient (Wildman–Crippen LogP) is 3.01. The van der Waals surface area contributed by atoms with Crippen LogP contribution in [0.1, 0.15) is 19.8 Å². The van der Waals surface area contributed by atoms with E-state index in [1.54, 1.807) is 12.4 Å². The van der Waals surface area contributed by atoms with Crippen LogP contribution in [0.3, 0.4) is 0 Å². The second-order valence-corrected chi connectivity index (χ2v) is 4.39. The van der Waals surface area contributed by atoms with Crippen molar-refractivity contribution in [1.29, 1.82) is 0 Å². The highest BCUT2D eigenvalue weighted by atomic mass is 16.5. The molecule has 1 aromatic carbocycles. The molecule has 1 heterocycles. The molecule has 0 aliphatic heterocycles. The highest BCUT2D eigenvalue weighted by Gasteiger charge is 2.05. The molecule has 0 bridgehead atoms. The van der Waals surface area contributed by atoms with Crippen molar-refractivity contribution in [1.82, 2.24) is 4.98 Å². The topological polar surface area (TPSA) is 57.4 Å². The van der Waals surface area contributed by atoms with Crippen LogP contribution in [0.2, 0.25) is 0 Å². The van der Waals surface area contributed by atoms with Crippen LogP contribution in [-0.4, -0.2) is 24.8 Å². The maximum absolute atomic E-state index is 6.09. The molecular weight excluding hydrogens is 240 g/mol. The molecule has 19 heavy (non-hydrogen) atoms. The predicted molar refractivity (Wildman–Crippen MR) is 77.4 cm³/mol. The number of nitrogens with two attached hydrogens (primary N) is 1. The van der Waals surface area contributed by atoms with Crippen molar-refractivity contribution in [2.24, 2.45) is 0 Å². The van der Waals surface area contributed by atoms with Crippen molar-refractivity contribution in [2.75, 3.05) is 25.6 Å². The van der Waals surface area contributed by atoms with Crippen LogP contribution < -0.4 is 10.5 Å². The number of benzene rings is 1. The number of pyridine rings is 1. The minimum atomic E-state index is 0.518. The van der Waals surface area contributed by atoms with Gasteiger partial charge >= 0.3 is 0 Å². The van der Waals surface area contributed by atoms with E-state index in [1.165, 1.54) is 0 Å². The van der Waals surface area contributed by atoms with E-state index in [-0.39, 0.29) is 0 Å². The third-order valence-corrected chi connectivity index (χ3v) is 2.95. The molecule has 0 aliphatic rings. The number of unbranched alkanes of at least 4 members (excludes halogenated alkanes) is 1. The van der Waals surface area contributed by atoms with E-state index in [0.29, 0.717) is 24.7 Å². The zero-order valence-corrected chi connectivity index (χ0v) is 11.3. The van der Waals surface area contributed by atoms with Gasteiger partial charge in [-0.2, -0.15) is 0 Å². The largest absolute Gasteiger partial charge is 0.489 e. The molecule has 0 amide bonds. The number of nitrogens with zero attached hydrogens (tertiary/aromatic N) is 1. The Balaban J connectivity index is 1.92. The van der Waals surface area contributed by atoms with Gasteiger partial charge in [0.15, 0.2) is 0 Å². The van der Waals surface area contributed by atoms with E-state index < -0.39 is 0 Å². The first-order chi connectivity index (χ1) is 9.33. The Kier molecular flexibility index (Phi) is 4.98. The highest BCUT2D eigenvalue weighted by Crippen LogP contribution is 2.29. The Morgan fingerprint density at radius 3 is 2.89 bits per heavy atom. The van der Waals surface area contributed by atoms with Crippen LogP contribution in [0.15, 0.2) is 30.6 Å². The van der Waals surface area contributed by atoms with Gasteiger partial charge < -0.3 is 15.2 Å².